The van der Waals surface area contributed by atoms with Crippen LogP contribution >= 0.6 is 0 Å². The summed E-state index contributed by atoms with van der Waals surface area (Å²) < 4.78 is 8.31. The van der Waals surface area contributed by atoms with Gasteiger partial charge in [0.1, 0.15) is 11.6 Å². The van der Waals surface area contributed by atoms with Crippen LogP contribution in [-0.2, 0) is 21.4 Å². The highest BCUT2D eigenvalue weighted by Crippen LogP contribution is 2.24. The second-order valence-electron chi connectivity index (χ2n) is 10.4. The van der Waals surface area contributed by atoms with Crippen molar-refractivity contribution in [1.82, 2.24) is 24.7 Å². The average Bonchev–Trinajstić information content (AvgIpc) is 3.05. The third-order valence-electron chi connectivity index (χ3n) is 6.46. The zero-order chi connectivity index (χ0) is 26.0. The summed E-state index contributed by atoms with van der Waals surface area (Å²) in [6, 6.07) is 4.84. The van der Waals surface area contributed by atoms with Gasteiger partial charge in [-0.05, 0) is 52.2 Å². The van der Waals surface area contributed by atoms with E-state index in [1.54, 1.807) is 13.1 Å². The number of rotatable bonds is 3. The minimum Gasteiger partial charge on any atom is -0.444 e. The first-order valence-electron chi connectivity index (χ1n) is 12.3. The van der Waals surface area contributed by atoms with Gasteiger partial charge in [-0.2, -0.15) is 0 Å². The van der Waals surface area contributed by atoms with Crippen molar-refractivity contribution in [2.45, 2.75) is 64.1 Å². The van der Waals surface area contributed by atoms with Crippen LogP contribution in [0.2, 0.25) is 0 Å². The Balaban J connectivity index is 1.43. The van der Waals surface area contributed by atoms with E-state index < -0.39 is 17.6 Å². The molecule has 1 unspecified atom stereocenters. The molecule has 0 aliphatic carbocycles. The number of aryl methyl sites for hydroxylation is 1. The Labute approximate surface area is 210 Å². The fourth-order valence-electron chi connectivity index (χ4n) is 4.73. The maximum absolute atomic E-state index is 13.0. The minimum atomic E-state index is -0.724. The Kier molecular flexibility index (Phi) is 7.22. The summed E-state index contributed by atoms with van der Waals surface area (Å²) in [5.41, 5.74) is 1.17. The molecule has 2 aliphatic rings. The molecule has 4 rings (SSSR count). The van der Waals surface area contributed by atoms with Crippen molar-refractivity contribution in [2.24, 2.45) is 7.05 Å². The Hall–Kier alpha value is -3.58. The number of alkyl carbamates (subject to hydrolysis) is 1. The van der Waals surface area contributed by atoms with E-state index in [-0.39, 0.29) is 30.2 Å². The molecule has 0 radical (unpaired) electrons. The van der Waals surface area contributed by atoms with Crippen molar-refractivity contribution in [1.29, 1.82) is 0 Å². The molecule has 10 heteroatoms. The number of hydrogen-bond acceptors (Lipinski definition) is 6. The van der Waals surface area contributed by atoms with Crippen LogP contribution in [0.25, 0.3) is 11.0 Å². The molecule has 3 heterocycles. The van der Waals surface area contributed by atoms with E-state index in [1.165, 1.54) is 9.13 Å². The normalized spacial score (nSPS) is 19.5. The molecule has 2 fully saturated rings. The molecule has 0 bridgehead atoms. The van der Waals surface area contributed by atoms with Gasteiger partial charge in [-0.15, -0.1) is 0 Å². The highest BCUT2D eigenvalue weighted by atomic mass is 16.6. The maximum atomic E-state index is 13.0. The summed E-state index contributed by atoms with van der Waals surface area (Å²) in [6.45, 7) is 7.72. The molecule has 1 aromatic carbocycles. The highest BCUT2D eigenvalue weighted by Gasteiger charge is 2.31. The minimum absolute atomic E-state index is 0.0828. The van der Waals surface area contributed by atoms with Crippen LogP contribution in [0.15, 0.2) is 23.0 Å². The van der Waals surface area contributed by atoms with Gasteiger partial charge in [0.25, 0.3) is 0 Å². The Morgan fingerprint density at radius 3 is 2.56 bits per heavy atom. The number of para-hydroxylation sites is 1. The lowest BCUT2D eigenvalue weighted by Crippen LogP contribution is -2.46. The molecule has 3 amide bonds. The number of fused-ring (bicyclic) bond motifs is 1. The smallest absolute Gasteiger partial charge is 0.407 e. The molecule has 2 aliphatic heterocycles. The summed E-state index contributed by atoms with van der Waals surface area (Å²) in [5.74, 6) is 5.64. The molecular weight excluding hydrogens is 462 g/mol. The van der Waals surface area contributed by atoms with E-state index >= 15 is 0 Å². The fraction of sp³-hybridized carbons (Fsp3) is 0.538. The van der Waals surface area contributed by atoms with Crippen LogP contribution in [0, 0.1) is 11.8 Å². The van der Waals surface area contributed by atoms with Gasteiger partial charge in [-0.25, -0.2) is 9.59 Å². The van der Waals surface area contributed by atoms with Crippen LogP contribution in [0.5, 0.6) is 0 Å². The largest absolute Gasteiger partial charge is 0.444 e. The van der Waals surface area contributed by atoms with E-state index in [1.807, 2.05) is 32.9 Å². The van der Waals surface area contributed by atoms with E-state index in [0.29, 0.717) is 29.6 Å². The number of benzene rings is 1. The number of likely N-dealkylation sites (tertiary alicyclic amines) is 1. The predicted octanol–water partition coefficient (Wildman–Crippen LogP) is 1.66. The number of carbonyl (C=O) groups excluding carboxylic acids is 3. The zero-order valence-electron chi connectivity index (χ0n) is 21.2. The number of carbonyl (C=O) groups is 3. The van der Waals surface area contributed by atoms with Crippen molar-refractivity contribution >= 4 is 28.9 Å². The third kappa shape index (κ3) is 5.62. The van der Waals surface area contributed by atoms with Crippen LogP contribution in [0.4, 0.5) is 4.79 Å². The Morgan fingerprint density at radius 2 is 1.89 bits per heavy atom. The van der Waals surface area contributed by atoms with Crippen molar-refractivity contribution in [3.8, 4) is 11.8 Å². The number of imide groups is 1. The summed E-state index contributed by atoms with van der Waals surface area (Å²) in [7, 11) is 1.67. The van der Waals surface area contributed by atoms with Crippen molar-refractivity contribution in [3.05, 3.63) is 34.2 Å². The topological polar surface area (TPSA) is 115 Å². The number of nitrogens with one attached hydrogen (secondary N) is 2. The standard InChI is InChI=1S/C26H33N5O5/c1-26(2,3)36-24(34)27-18-12-15-30(16-13-18)14-6-8-17-7-5-9-19-22(17)29(4)25(35)31(19)20-10-11-21(32)28-23(20)33/h5,7,9,18,20H,10-16H2,1-4H3,(H,27,34)(H,28,32,33). The van der Waals surface area contributed by atoms with Gasteiger partial charge in [-0.1, -0.05) is 17.9 Å². The average molecular weight is 496 g/mol. The van der Waals surface area contributed by atoms with Crippen LogP contribution in [-0.4, -0.2) is 63.2 Å². The van der Waals surface area contributed by atoms with Crippen molar-refractivity contribution < 1.29 is 19.1 Å². The Bertz CT molecular complexity index is 1300. The van der Waals surface area contributed by atoms with Crippen LogP contribution in [0.1, 0.15) is 58.1 Å². The molecule has 10 nitrogen and oxygen atoms in total. The molecule has 192 valence electrons. The second kappa shape index (κ2) is 10.2. The van der Waals surface area contributed by atoms with Crippen molar-refractivity contribution in [2.75, 3.05) is 19.6 Å². The van der Waals surface area contributed by atoms with Crippen molar-refractivity contribution in [3.63, 3.8) is 0 Å². The van der Waals surface area contributed by atoms with Gasteiger partial charge in [-0.3, -0.25) is 28.9 Å². The van der Waals surface area contributed by atoms with E-state index in [4.69, 9.17) is 4.74 Å². The Morgan fingerprint density at radius 1 is 1.17 bits per heavy atom. The zero-order valence-corrected chi connectivity index (χ0v) is 21.2. The van der Waals surface area contributed by atoms with E-state index in [9.17, 15) is 19.2 Å². The molecule has 2 saturated heterocycles. The van der Waals surface area contributed by atoms with Gasteiger partial charge in [0, 0.05) is 32.6 Å². The van der Waals surface area contributed by atoms with Gasteiger partial charge in [0.05, 0.1) is 23.1 Å². The first-order chi connectivity index (χ1) is 17.0. The molecule has 1 aromatic heterocycles. The molecule has 36 heavy (non-hydrogen) atoms. The first-order valence-corrected chi connectivity index (χ1v) is 12.3. The van der Waals surface area contributed by atoms with Gasteiger partial charge in [0.15, 0.2) is 0 Å². The summed E-state index contributed by atoms with van der Waals surface area (Å²) >= 11 is 0. The number of nitrogens with zero attached hydrogens (tertiary/aromatic N) is 3. The molecular formula is C26H33N5O5. The SMILES string of the molecule is Cn1c(=O)n(C2CCC(=O)NC2=O)c2cccc(C#CCN3CCC(NC(=O)OC(C)(C)C)CC3)c21. The third-order valence-corrected chi connectivity index (χ3v) is 6.46. The summed E-state index contributed by atoms with van der Waals surface area (Å²) in [6.07, 6.45) is 1.74. The quantitative estimate of drug-likeness (QED) is 0.495. The maximum Gasteiger partial charge on any atom is 0.407 e. The number of amides is 3. The van der Waals surface area contributed by atoms with Gasteiger partial charge in [0.2, 0.25) is 11.8 Å². The second-order valence-corrected chi connectivity index (χ2v) is 10.4. The monoisotopic (exact) mass is 495 g/mol. The fourth-order valence-corrected chi connectivity index (χ4v) is 4.73. The lowest BCUT2D eigenvalue weighted by atomic mass is 10.1. The molecule has 0 saturated carbocycles. The lowest BCUT2D eigenvalue weighted by Gasteiger charge is -2.31. The highest BCUT2D eigenvalue weighted by molar-refractivity contribution is 6.00. The molecule has 1 atom stereocenters. The van der Waals surface area contributed by atoms with Gasteiger partial charge < -0.3 is 10.1 Å². The number of ether oxygens (including phenoxy) is 1. The number of imidazole rings is 1. The summed E-state index contributed by atoms with van der Waals surface area (Å²) in [5, 5.41) is 5.27. The number of piperidine rings is 2. The van der Waals surface area contributed by atoms with E-state index in [2.05, 4.69) is 27.4 Å². The van der Waals surface area contributed by atoms with Crippen LogP contribution < -0.4 is 16.3 Å². The van der Waals surface area contributed by atoms with Crippen LogP contribution in [0.3, 0.4) is 0 Å². The first kappa shape index (κ1) is 25.5. The van der Waals surface area contributed by atoms with E-state index in [0.717, 1.165) is 25.9 Å². The summed E-state index contributed by atoms with van der Waals surface area (Å²) in [4.78, 5) is 51.2. The number of hydrogen-bond donors (Lipinski definition) is 2. The predicted molar refractivity (Wildman–Crippen MR) is 134 cm³/mol. The molecule has 0 spiro atoms. The molecule has 2 N–H and O–H groups in total. The van der Waals surface area contributed by atoms with Gasteiger partial charge >= 0.3 is 11.8 Å². The molecule has 2 aromatic rings. The lowest BCUT2D eigenvalue weighted by molar-refractivity contribution is -0.135. The number of aromatic nitrogens is 2.